The molecule has 1 aliphatic rings. The van der Waals surface area contributed by atoms with Crippen molar-refractivity contribution < 1.29 is 0 Å². The Labute approximate surface area is 87.7 Å². The van der Waals surface area contributed by atoms with Crippen LogP contribution in [0.2, 0.25) is 0 Å². The molecule has 0 unspecified atom stereocenters. The first-order valence-electron chi connectivity index (χ1n) is 4.71. The standard InChI is InChI=1S/C11H14BrN/c1-13-7-9-6-11(9)8-2-4-10(12)5-3-8/h2-5,9,11,13H,6-7H2,1H3/t9-,11+/m0/s1. The molecule has 2 heteroatoms. The van der Waals surface area contributed by atoms with E-state index in [9.17, 15) is 0 Å². The second-order valence-corrected chi connectivity index (χ2v) is 4.63. The van der Waals surface area contributed by atoms with Crippen LogP contribution in [0.1, 0.15) is 17.9 Å². The van der Waals surface area contributed by atoms with E-state index in [1.54, 1.807) is 0 Å². The Morgan fingerprint density at radius 2 is 2.08 bits per heavy atom. The van der Waals surface area contributed by atoms with E-state index in [0.29, 0.717) is 0 Å². The number of nitrogens with one attached hydrogen (secondary N) is 1. The quantitative estimate of drug-likeness (QED) is 0.856. The normalized spacial score (nSPS) is 26.0. The highest BCUT2D eigenvalue weighted by Gasteiger charge is 2.37. The first-order chi connectivity index (χ1) is 6.31. The molecule has 0 aliphatic heterocycles. The Hall–Kier alpha value is -0.340. The van der Waals surface area contributed by atoms with Gasteiger partial charge in [-0.2, -0.15) is 0 Å². The highest BCUT2D eigenvalue weighted by molar-refractivity contribution is 9.10. The van der Waals surface area contributed by atoms with Gasteiger partial charge in [0.05, 0.1) is 0 Å². The average Bonchev–Trinajstić information content (AvgIpc) is 2.86. The lowest BCUT2D eigenvalue weighted by atomic mass is 10.1. The molecule has 0 saturated heterocycles. The molecule has 0 bridgehead atoms. The summed E-state index contributed by atoms with van der Waals surface area (Å²) in [4.78, 5) is 0. The molecular weight excluding hydrogens is 226 g/mol. The van der Waals surface area contributed by atoms with Gasteiger partial charge in [0.1, 0.15) is 0 Å². The molecule has 1 fully saturated rings. The molecule has 2 rings (SSSR count). The lowest BCUT2D eigenvalue weighted by Crippen LogP contribution is -2.10. The Morgan fingerprint density at radius 3 is 2.69 bits per heavy atom. The summed E-state index contributed by atoms with van der Waals surface area (Å²) < 4.78 is 1.17. The van der Waals surface area contributed by atoms with E-state index in [0.717, 1.165) is 18.4 Å². The van der Waals surface area contributed by atoms with Gasteiger partial charge in [0.2, 0.25) is 0 Å². The molecule has 0 spiro atoms. The van der Waals surface area contributed by atoms with Crippen LogP contribution < -0.4 is 5.32 Å². The Balaban J connectivity index is 2.00. The molecule has 1 N–H and O–H groups in total. The summed E-state index contributed by atoms with van der Waals surface area (Å²) in [5.41, 5.74) is 1.49. The molecule has 70 valence electrons. The highest BCUT2D eigenvalue weighted by atomic mass is 79.9. The van der Waals surface area contributed by atoms with Gasteiger partial charge in [-0.25, -0.2) is 0 Å². The van der Waals surface area contributed by atoms with Crippen molar-refractivity contribution in [2.45, 2.75) is 12.3 Å². The van der Waals surface area contributed by atoms with Crippen molar-refractivity contribution in [3.8, 4) is 0 Å². The zero-order chi connectivity index (χ0) is 9.26. The largest absolute Gasteiger partial charge is 0.319 e. The third kappa shape index (κ3) is 2.12. The number of hydrogen-bond donors (Lipinski definition) is 1. The maximum atomic E-state index is 3.45. The third-order valence-electron chi connectivity index (χ3n) is 2.69. The van der Waals surface area contributed by atoms with Gasteiger partial charge in [-0.3, -0.25) is 0 Å². The number of halogens is 1. The molecular formula is C11H14BrN. The molecule has 1 aliphatic carbocycles. The maximum Gasteiger partial charge on any atom is 0.0175 e. The fourth-order valence-electron chi connectivity index (χ4n) is 1.85. The lowest BCUT2D eigenvalue weighted by Gasteiger charge is -2.00. The van der Waals surface area contributed by atoms with Gasteiger partial charge in [0.15, 0.2) is 0 Å². The van der Waals surface area contributed by atoms with Crippen molar-refractivity contribution >= 4 is 15.9 Å². The van der Waals surface area contributed by atoms with Crippen molar-refractivity contribution in [1.82, 2.24) is 5.32 Å². The van der Waals surface area contributed by atoms with Crippen molar-refractivity contribution in [2.75, 3.05) is 13.6 Å². The molecule has 1 saturated carbocycles. The minimum absolute atomic E-state index is 0.806. The Morgan fingerprint density at radius 1 is 1.38 bits per heavy atom. The van der Waals surface area contributed by atoms with Crippen LogP contribution >= 0.6 is 15.9 Å². The van der Waals surface area contributed by atoms with Crippen LogP contribution in [0.25, 0.3) is 0 Å². The number of rotatable bonds is 3. The van der Waals surface area contributed by atoms with Gasteiger partial charge >= 0.3 is 0 Å². The zero-order valence-electron chi connectivity index (χ0n) is 7.76. The van der Waals surface area contributed by atoms with Gasteiger partial charge in [0.25, 0.3) is 0 Å². The smallest absolute Gasteiger partial charge is 0.0175 e. The molecule has 1 aromatic rings. The van der Waals surface area contributed by atoms with Gasteiger partial charge in [-0.05, 0) is 49.5 Å². The molecule has 0 amide bonds. The Kier molecular flexibility index (Phi) is 2.70. The molecule has 1 nitrogen and oxygen atoms in total. The van der Waals surface area contributed by atoms with E-state index in [1.807, 2.05) is 7.05 Å². The fourth-order valence-corrected chi connectivity index (χ4v) is 2.12. The second kappa shape index (κ2) is 3.81. The maximum absolute atomic E-state index is 3.45. The Bertz CT molecular complexity index is 281. The van der Waals surface area contributed by atoms with Gasteiger partial charge in [-0.1, -0.05) is 28.1 Å². The van der Waals surface area contributed by atoms with Gasteiger partial charge < -0.3 is 5.32 Å². The second-order valence-electron chi connectivity index (χ2n) is 3.71. The fraction of sp³-hybridized carbons (Fsp3) is 0.455. The number of hydrogen-bond acceptors (Lipinski definition) is 1. The first-order valence-corrected chi connectivity index (χ1v) is 5.50. The molecule has 0 heterocycles. The zero-order valence-corrected chi connectivity index (χ0v) is 9.34. The molecule has 0 radical (unpaired) electrons. The predicted octanol–water partition coefficient (Wildman–Crippen LogP) is 2.77. The molecule has 2 atom stereocenters. The van der Waals surface area contributed by atoms with Crippen molar-refractivity contribution in [2.24, 2.45) is 5.92 Å². The van der Waals surface area contributed by atoms with Gasteiger partial charge in [-0.15, -0.1) is 0 Å². The summed E-state index contributed by atoms with van der Waals surface area (Å²) in [6, 6.07) is 8.71. The summed E-state index contributed by atoms with van der Waals surface area (Å²) in [6.45, 7) is 1.15. The van der Waals surface area contributed by atoms with E-state index in [2.05, 4.69) is 45.5 Å². The predicted molar refractivity (Wildman–Crippen MR) is 58.9 cm³/mol. The van der Waals surface area contributed by atoms with Crippen molar-refractivity contribution in [3.05, 3.63) is 34.3 Å². The average molecular weight is 240 g/mol. The van der Waals surface area contributed by atoms with E-state index in [1.165, 1.54) is 16.5 Å². The minimum Gasteiger partial charge on any atom is -0.319 e. The topological polar surface area (TPSA) is 12.0 Å². The summed E-state index contributed by atoms with van der Waals surface area (Å²) in [7, 11) is 2.02. The van der Waals surface area contributed by atoms with Crippen molar-refractivity contribution in [1.29, 1.82) is 0 Å². The first kappa shape index (κ1) is 9.22. The number of benzene rings is 1. The van der Waals surface area contributed by atoms with Crippen LogP contribution in [0, 0.1) is 5.92 Å². The van der Waals surface area contributed by atoms with Gasteiger partial charge in [0, 0.05) is 4.47 Å². The van der Waals surface area contributed by atoms with E-state index in [-0.39, 0.29) is 0 Å². The van der Waals surface area contributed by atoms with Crippen LogP contribution in [0.4, 0.5) is 0 Å². The molecule has 1 aromatic carbocycles. The highest BCUT2D eigenvalue weighted by Crippen LogP contribution is 2.46. The van der Waals surface area contributed by atoms with Crippen LogP contribution in [0.3, 0.4) is 0 Å². The SMILES string of the molecule is CNC[C@@H]1C[C@@H]1c1ccc(Br)cc1. The third-order valence-corrected chi connectivity index (χ3v) is 3.22. The monoisotopic (exact) mass is 239 g/mol. The van der Waals surface area contributed by atoms with E-state index < -0.39 is 0 Å². The van der Waals surface area contributed by atoms with Crippen LogP contribution in [-0.2, 0) is 0 Å². The lowest BCUT2D eigenvalue weighted by molar-refractivity contribution is 0.698. The summed E-state index contributed by atoms with van der Waals surface area (Å²) in [6.07, 6.45) is 1.35. The molecule has 13 heavy (non-hydrogen) atoms. The minimum atomic E-state index is 0.806. The summed E-state index contributed by atoms with van der Waals surface area (Å²) in [5.74, 6) is 1.67. The summed E-state index contributed by atoms with van der Waals surface area (Å²) >= 11 is 3.45. The van der Waals surface area contributed by atoms with Crippen molar-refractivity contribution in [3.63, 3.8) is 0 Å². The van der Waals surface area contributed by atoms with Crippen LogP contribution in [0.15, 0.2) is 28.7 Å². The van der Waals surface area contributed by atoms with E-state index >= 15 is 0 Å². The van der Waals surface area contributed by atoms with E-state index in [4.69, 9.17) is 0 Å². The van der Waals surface area contributed by atoms with Crippen LogP contribution in [-0.4, -0.2) is 13.6 Å². The summed E-state index contributed by atoms with van der Waals surface area (Å²) in [5, 5.41) is 3.23. The van der Waals surface area contributed by atoms with Crippen LogP contribution in [0.5, 0.6) is 0 Å². The molecule has 0 aromatic heterocycles.